The Hall–Kier alpha value is -8.56. The maximum Gasteiger partial charge on any atom is 0.308 e. The Morgan fingerprint density at radius 2 is 0.972 bits per heavy atom. The standard InChI is InChI=1S/C76H125N13O20/c1-29-43(11)55-66(98)83(24)58(42(9)10)69(101)84(25)57(41(7)8)67(99)79(20)37-51(91)81(22)61(75(18,19)105)71(103)86(27)60(45(13)46(14)108-53(93)36-74(16,17)104)70(102)87(28)72(109-47(15)90)63(95)77-54(39(3)4)65(97)85(26)59(44(12)30-2)68(100)80(21)38-52(92)88-50(64(96)82(23)56(40(5)6)62(94)78-55)35-76(106)48-33-31-32-34-49(48)89(107)73(76)88/h31-34,39-46,50,54-61,72-73,104-107H,29-30,35-38H2,1-28H3,(H,77,95)(H,78,94)/t43-,44-,45-,46-,50-,54-,55-,56-,57-,58-,59-,60-,61+,72+,73+,76+/m0/s1. The molecule has 1 aromatic rings. The fourth-order valence-electron chi connectivity index (χ4n) is 15.1. The number of amides is 12. The number of aliphatic hydroxyl groups is 3. The Morgan fingerprint density at radius 3 is 1.46 bits per heavy atom. The molecule has 0 bridgehead atoms. The van der Waals surface area contributed by atoms with Crippen molar-refractivity contribution in [1.29, 1.82) is 0 Å². The topological polar surface area (TPSA) is 398 Å². The number of anilines is 1. The predicted octanol–water partition coefficient (Wildman–Crippen LogP) is 1.44. The van der Waals surface area contributed by atoms with Crippen LogP contribution in [0.3, 0.4) is 0 Å². The van der Waals surface area contributed by atoms with E-state index in [1.54, 1.807) is 95.2 Å². The van der Waals surface area contributed by atoms with Crippen LogP contribution in [0.15, 0.2) is 24.3 Å². The van der Waals surface area contributed by atoms with Gasteiger partial charge < -0.3 is 84.4 Å². The zero-order valence-corrected chi connectivity index (χ0v) is 69.3. The monoisotopic (exact) mass is 1540 g/mol. The maximum absolute atomic E-state index is 15.6. The molecule has 0 aromatic heterocycles. The number of carbonyl (C=O) groups excluding carboxylic acids is 14. The zero-order valence-electron chi connectivity index (χ0n) is 69.3. The third kappa shape index (κ3) is 20.5. The summed E-state index contributed by atoms with van der Waals surface area (Å²) in [6.07, 6.45) is -5.78. The number of hydroxylamine groups is 1. The summed E-state index contributed by atoms with van der Waals surface area (Å²) in [4.78, 5) is 219. The van der Waals surface area contributed by atoms with Gasteiger partial charge in [0.15, 0.2) is 6.17 Å². The van der Waals surface area contributed by atoms with Crippen molar-refractivity contribution >= 4 is 88.5 Å². The Morgan fingerprint density at radius 1 is 0.532 bits per heavy atom. The molecular weight excluding hydrogens is 1410 g/mol. The highest BCUT2D eigenvalue weighted by atomic mass is 16.6. The smallest absolute Gasteiger partial charge is 0.308 e. The molecule has 0 unspecified atom stereocenters. The zero-order chi connectivity index (χ0) is 84.0. The molecule has 3 aliphatic rings. The van der Waals surface area contributed by atoms with Gasteiger partial charge in [0, 0.05) is 88.3 Å². The second-order valence-electron chi connectivity index (χ2n) is 32.8. The number of likely N-dealkylation sites (N-methyl/N-ethyl adjacent to an activating group) is 9. The van der Waals surface area contributed by atoms with E-state index in [1.807, 2.05) is 0 Å². The number of hydrogen-bond acceptors (Lipinski definition) is 21. The summed E-state index contributed by atoms with van der Waals surface area (Å²) in [7, 11) is 11.2. The molecule has 3 heterocycles. The van der Waals surface area contributed by atoms with E-state index in [2.05, 4.69) is 10.6 Å². The second kappa shape index (κ2) is 37.0. The third-order valence-corrected chi connectivity index (χ3v) is 21.7. The minimum absolute atomic E-state index is 0.103. The van der Waals surface area contributed by atoms with E-state index in [9.17, 15) is 39.7 Å². The highest BCUT2D eigenvalue weighted by Gasteiger charge is 2.64. The van der Waals surface area contributed by atoms with Gasteiger partial charge in [-0.25, -0.2) is 5.06 Å². The number of hydrogen-bond donors (Lipinski definition) is 6. The average Bonchev–Trinajstić information content (AvgIpc) is 1.54. The van der Waals surface area contributed by atoms with Crippen molar-refractivity contribution in [3.63, 3.8) is 0 Å². The van der Waals surface area contributed by atoms with Crippen LogP contribution in [-0.4, -0.2) is 313 Å². The van der Waals surface area contributed by atoms with Gasteiger partial charge in [0.05, 0.1) is 36.4 Å². The minimum Gasteiger partial charge on any atom is -0.462 e. The van der Waals surface area contributed by atoms with Crippen molar-refractivity contribution < 1.29 is 97.1 Å². The molecule has 6 N–H and O–H groups in total. The van der Waals surface area contributed by atoms with Crippen LogP contribution < -0.4 is 15.7 Å². The van der Waals surface area contributed by atoms with E-state index >= 15 is 47.9 Å². The van der Waals surface area contributed by atoms with Crippen LogP contribution in [0.25, 0.3) is 0 Å². The van der Waals surface area contributed by atoms with Gasteiger partial charge >= 0.3 is 11.9 Å². The van der Waals surface area contributed by atoms with Gasteiger partial charge in [0.1, 0.15) is 66.1 Å². The van der Waals surface area contributed by atoms with Crippen LogP contribution >= 0.6 is 0 Å². The fraction of sp³-hybridized carbons (Fsp3) is 0.737. The Bertz CT molecular complexity index is 3520. The first-order valence-electron chi connectivity index (χ1n) is 37.4. The molecule has 0 saturated carbocycles. The number of fused-ring (bicyclic) bond motifs is 5. The highest BCUT2D eigenvalue weighted by Crippen LogP contribution is 2.52. The van der Waals surface area contributed by atoms with Gasteiger partial charge in [0.25, 0.3) is 12.1 Å². The van der Waals surface area contributed by atoms with Gasteiger partial charge in [0.2, 0.25) is 65.0 Å². The molecule has 33 nitrogen and oxygen atoms in total. The van der Waals surface area contributed by atoms with Crippen LogP contribution in [-0.2, 0) is 82.2 Å². The lowest BCUT2D eigenvalue weighted by Crippen LogP contribution is -2.65. The van der Waals surface area contributed by atoms with Gasteiger partial charge in [-0.2, -0.15) is 0 Å². The van der Waals surface area contributed by atoms with E-state index in [1.165, 1.54) is 108 Å². The van der Waals surface area contributed by atoms with Gasteiger partial charge in [-0.05, 0) is 76.2 Å². The van der Waals surface area contributed by atoms with E-state index < -0.39 is 240 Å². The normalized spacial score (nSPS) is 27.6. The molecular formula is C76H125N13O20. The van der Waals surface area contributed by atoms with E-state index in [-0.39, 0.29) is 17.7 Å². The summed E-state index contributed by atoms with van der Waals surface area (Å²) in [6, 6.07) is -7.64. The van der Waals surface area contributed by atoms with Crippen molar-refractivity contribution in [3.8, 4) is 0 Å². The summed E-state index contributed by atoms with van der Waals surface area (Å²) in [5, 5.41) is 53.5. The Balaban J connectivity index is 2.06. The van der Waals surface area contributed by atoms with E-state index in [4.69, 9.17) is 9.47 Å². The molecule has 1 aromatic carbocycles. The molecule has 0 spiro atoms. The molecule has 33 heteroatoms. The average molecular weight is 1540 g/mol. The number of esters is 2. The maximum atomic E-state index is 15.6. The van der Waals surface area contributed by atoms with E-state index in [0.717, 1.165) is 60.2 Å². The molecule has 2 saturated heterocycles. The summed E-state index contributed by atoms with van der Waals surface area (Å²) < 4.78 is 11.3. The number of rotatable bonds is 15. The van der Waals surface area contributed by atoms with E-state index in [0.29, 0.717) is 16.4 Å². The molecule has 3 aliphatic heterocycles. The Kier molecular flexibility index (Phi) is 31.5. The van der Waals surface area contributed by atoms with Gasteiger partial charge in [-0.15, -0.1) is 0 Å². The quantitative estimate of drug-likeness (QED) is 0.135. The molecule has 12 amide bonds. The first-order chi connectivity index (χ1) is 50.0. The largest absolute Gasteiger partial charge is 0.462 e. The highest BCUT2D eigenvalue weighted by molar-refractivity contribution is 6.01. The lowest BCUT2D eigenvalue weighted by Gasteiger charge is -2.43. The summed E-state index contributed by atoms with van der Waals surface area (Å²) in [5.74, 6) is -18.6. The summed E-state index contributed by atoms with van der Waals surface area (Å²) in [5.41, 5.74) is -5.64. The number of benzene rings is 1. The minimum atomic E-state index is -2.26. The number of nitrogens with zero attached hydrogens (tertiary/aromatic N) is 11. The number of nitrogens with one attached hydrogen (secondary N) is 2. The second-order valence-corrected chi connectivity index (χ2v) is 32.8. The molecule has 0 aliphatic carbocycles. The summed E-state index contributed by atoms with van der Waals surface area (Å²) >= 11 is 0. The van der Waals surface area contributed by atoms with Gasteiger partial charge in [-0.1, -0.05) is 121 Å². The van der Waals surface area contributed by atoms with Crippen LogP contribution in [0.2, 0.25) is 0 Å². The van der Waals surface area contributed by atoms with Crippen molar-refractivity contribution in [2.24, 2.45) is 41.4 Å². The SMILES string of the molecule is CC[C@H](C)[C@@H]1NC(=O)[C@H](C(C)C)N(C)C(=O)[C@@H]2C[C@@]3(O)c4ccccc4N(O)[C@H]3N2C(=O)CN(C)C(=O)[C@H]([C@@H](C)CC)N(C)C(=O)[C@H](C(C)C)NC(=O)[C@@H](OC(C)=O)N(C)C(=O)[C@H]([C@@H](C)[C@H](C)OC(=O)CC(C)(C)O)N(C)C(=O)[C@H](C(C)(C)O)N(C)C(=O)CN(C)C(=O)[C@H](C(C)C)N(C)C(=O)[C@H](C(C)C)N(C)C1=O. The Labute approximate surface area is 642 Å². The van der Waals surface area contributed by atoms with Crippen molar-refractivity contribution in [1.82, 2.24) is 59.6 Å². The van der Waals surface area contributed by atoms with Crippen molar-refractivity contribution in [2.45, 2.75) is 247 Å². The van der Waals surface area contributed by atoms with Crippen molar-refractivity contribution in [3.05, 3.63) is 29.8 Å². The molecule has 614 valence electrons. The molecule has 0 radical (unpaired) electrons. The third-order valence-electron chi connectivity index (χ3n) is 21.7. The van der Waals surface area contributed by atoms with Crippen LogP contribution in [0.5, 0.6) is 0 Å². The lowest BCUT2D eigenvalue weighted by molar-refractivity contribution is -0.176. The summed E-state index contributed by atoms with van der Waals surface area (Å²) in [6.45, 7) is 27.2. The fourth-order valence-corrected chi connectivity index (χ4v) is 15.1. The molecule has 109 heavy (non-hydrogen) atoms. The van der Waals surface area contributed by atoms with Crippen LogP contribution in [0.1, 0.15) is 163 Å². The molecule has 16 atom stereocenters. The van der Waals surface area contributed by atoms with Crippen LogP contribution in [0, 0.1) is 41.4 Å². The molecule has 2 fully saturated rings. The number of para-hydroxylation sites is 1. The van der Waals surface area contributed by atoms with Crippen LogP contribution in [0.4, 0.5) is 5.69 Å². The number of ether oxygens (including phenoxy) is 2. The predicted molar refractivity (Wildman–Crippen MR) is 401 cm³/mol. The first kappa shape index (κ1) is 92.8. The lowest BCUT2D eigenvalue weighted by atomic mass is 9.90. The van der Waals surface area contributed by atoms with Gasteiger partial charge in [-0.3, -0.25) is 72.3 Å². The van der Waals surface area contributed by atoms with Crippen molar-refractivity contribution in [2.75, 3.05) is 81.6 Å². The number of carbonyl (C=O) groups is 14. The first-order valence-corrected chi connectivity index (χ1v) is 37.4. The molecule has 4 rings (SSSR count).